The largest absolute Gasteiger partial charge is 0.135 e. The number of rotatable bonds is 5. The molecular formula is C50H32S. The Morgan fingerprint density at radius 2 is 0.686 bits per heavy atom. The normalized spacial score (nSPS) is 11.5. The Morgan fingerprint density at radius 3 is 1.29 bits per heavy atom. The van der Waals surface area contributed by atoms with Crippen LogP contribution in [0.4, 0.5) is 0 Å². The maximum atomic E-state index is 2.38. The molecule has 1 heterocycles. The smallest absolute Gasteiger partial charge is 0.0433 e. The van der Waals surface area contributed by atoms with Crippen molar-refractivity contribution in [3.63, 3.8) is 0 Å². The molecule has 0 aliphatic rings. The van der Waals surface area contributed by atoms with Crippen LogP contribution >= 0.6 is 11.3 Å². The molecule has 0 saturated carbocycles. The summed E-state index contributed by atoms with van der Waals surface area (Å²) in [4.78, 5) is 0. The van der Waals surface area contributed by atoms with Gasteiger partial charge in [0.05, 0.1) is 0 Å². The number of hydrogen-bond acceptors (Lipinski definition) is 1. The first-order valence-corrected chi connectivity index (χ1v) is 18.3. The zero-order valence-corrected chi connectivity index (χ0v) is 28.7. The average Bonchev–Trinajstić information content (AvgIpc) is 3.59. The Hall–Kier alpha value is -6.28. The zero-order valence-electron chi connectivity index (χ0n) is 27.9. The van der Waals surface area contributed by atoms with Crippen LogP contribution in [0.2, 0.25) is 0 Å². The third-order valence-electron chi connectivity index (χ3n) is 10.2. The summed E-state index contributed by atoms with van der Waals surface area (Å²) in [6.45, 7) is 0. The molecule has 10 rings (SSSR count). The van der Waals surface area contributed by atoms with Crippen LogP contribution in [-0.2, 0) is 0 Å². The fourth-order valence-electron chi connectivity index (χ4n) is 7.59. The molecule has 0 aliphatic carbocycles. The fraction of sp³-hybridized carbons (Fsp3) is 0. The third kappa shape index (κ3) is 5.40. The van der Waals surface area contributed by atoms with E-state index in [0.717, 1.165) is 0 Å². The second-order valence-electron chi connectivity index (χ2n) is 13.4. The molecule has 0 spiro atoms. The van der Waals surface area contributed by atoms with Gasteiger partial charge in [-0.05, 0) is 126 Å². The van der Waals surface area contributed by atoms with Crippen molar-refractivity contribution in [2.24, 2.45) is 0 Å². The lowest BCUT2D eigenvalue weighted by atomic mass is 9.90. The molecule has 0 atom stereocenters. The first-order chi connectivity index (χ1) is 25.2. The lowest BCUT2D eigenvalue weighted by molar-refractivity contribution is 1.57. The maximum absolute atomic E-state index is 2.38. The minimum atomic E-state index is 1.21. The van der Waals surface area contributed by atoms with Gasteiger partial charge in [0.1, 0.15) is 0 Å². The second kappa shape index (κ2) is 12.2. The van der Waals surface area contributed by atoms with Crippen LogP contribution in [0, 0.1) is 0 Å². The minimum absolute atomic E-state index is 1.21. The summed E-state index contributed by atoms with van der Waals surface area (Å²) in [5, 5.41) is 7.67. The van der Waals surface area contributed by atoms with E-state index in [-0.39, 0.29) is 0 Å². The predicted molar refractivity (Wildman–Crippen MR) is 222 cm³/mol. The van der Waals surface area contributed by atoms with Crippen molar-refractivity contribution in [2.45, 2.75) is 0 Å². The Balaban J connectivity index is 1.15. The molecule has 238 valence electrons. The molecule has 0 fully saturated rings. The van der Waals surface area contributed by atoms with Gasteiger partial charge in [0, 0.05) is 20.2 Å². The van der Waals surface area contributed by atoms with Gasteiger partial charge >= 0.3 is 0 Å². The molecule has 0 bridgehead atoms. The molecular weight excluding hydrogens is 633 g/mol. The molecule has 0 radical (unpaired) electrons. The van der Waals surface area contributed by atoms with E-state index < -0.39 is 0 Å². The van der Waals surface area contributed by atoms with Gasteiger partial charge in [0.25, 0.3) is 0 Å². The van der Waals surface area contributed by atoms with E-state index in [1.165, 1.54) is 97.4 Å². The van der Waals surface area contributed by atoms with Crippen LogP contribution in [-0.4, -0.2) is 0 Å². The van der Waals surface area contributed by atoms with Gasteiger partial charge in [-0.25, -0.2) is 0 Å². The number of fused-ring (bicyclic) bond motifs is 5. The summed E-state index contributed by atoms with van der Waals surface area (Å²) in [5.74, 6) is 0. The van der Waals surface area contributed by atoms with Gasteiger partial charge in [-0.1, -0.05) is 146 Å². The monoisotopic (exact) mass is 664 g/mol. The molecule has 0 N–H and O–H groups in total. The molecule has 0 amide bonds. The first kappa shape index (κ1) is 29.6. The molecule has 0 unspecified atom stereocenters. The van der Waals surface area contributed by atoms with Gasteiger partial charge < -0.3 is 0 Å². The van der Waals surface area contributed by atoms with Gasteiger partial charge in [0.15, 0.2) is 0 Å². The van der Waals surface area contributed by atoms with E-state index in [1.54, 1.807) is 0 Å². The summed E-state index contributed by atoms with van der Waals surface area (Å²) >= 11 is 1.89. The maximum Gasteiger partial charge on any atom is 0.0433 e. The SMILES string of the molecule is c1cc(-c2cc(-c3cccc(-c4ccc5ccccc5c4)c3)cc(-c3cccc4c3sc3ccccc34)c2)cc(-c2ccc3ccccc3c2)c1. The molecule has 0 nitrogen and oxygen atoms in total. The topological polar surface area (TPSA) is 0 Å². The Morgan fingerprint density at radius 1 is 0.255 bits per heavy atom. The van der Waals surface area contributed by atoms with Crippen LogP contribution in [0.25, 0.3) is 97.4 Å². The molecule has 0 aliphatic heterocycles. The molecule has 9 aromatic carbocycles. The second-order valence-corrected chi connectivity index (χ2v) is 14.4. The average molecular weight is 665 g/mol. The lowest BCUT2D eigenvalue weighted by Crippen LogP contribution is -1.88. The summed E-state index contributed by atoms with van der Waals surface area (Å²) < 4.78 is 2.65. The molecule has 51 heavy (non-hydrogen) atoms. The van der Waals surface area contributed by atoms with Gasteiger partial charge in [-0.15, -0.1) is 11.3 Å². The third-order valence-corrected chi connectivity index (χ3v) is 11.4. The highest BCUT2D eigenvalue weighted by Crippen LogP contribution is 2.42. The highest BCUT2D eigenvalue weighted by Gasteiger charge is 2.14. The summed E-state index contributed by atoms with van der Waals surface area (Å²) in [6, 6.07) is 71.4. The van der Waals surface area contributed by atoms with E-state index in [2.05, 4.69) is 194 Å². The van der Waals surface area contributed by atoms with E-state index >= 15 is 0 Å². The van der Waals surface area contributed by atoms with Gasteiger partial charge in [0.2, 0.25) is 0 Å². The predicted octanol–water partition coefficient (Wildman–Crippen LogP) is 14.7. The highest BCUT2D eigenvalue weighted by atomic mass is 32.1. The van der Waals surface area contributed by atoms with Crippen LogP contribution < -0.4 is 0 Å². The Labute approximate surface area is 301 Å². The fourth-order valence-corrected chi connectivity index (χ4v) is 8.82. The van der Waals surface area contributed by atoms with E-state index in [1.807, 2.05) is 11.3 Å². The quantitative estimate of drug-likeness (QED) is 0.172. The van der Waals surface area contributed by atoms with Crippen molar-refractivity contribution >= 4 is 53.1 Å². The van der Waals surface area contributed by atoms with Gasteiger partial charge in [-0.3, -0.25) is 0 Å². The molecule has 1 aromatic heterocycles. The van der Waals surface area contributed by atoms with E-state index in [9.17, 15) is 0 Å². The van der Waals surface area contributed by atoms with E-state index in [0.29, 0.717) is 0 Å². The summed E-state index contributed by atoms with van der Waals surface area (Å²) in [7, 11) is 0. The van der Waals surface area contributed by atoms with Crippen molar-refractivity contribution in [1.29, 1.82) is 0 Å². The van der Waals surface area contributed by atoms with Crippen molar-refractivity contribution in [2.75, 3.05) is 0 Å². The minimum Gasteiger partial charge on any atom is -0.135 e. The Kier molecular flexibility index (Phi) is 7.11. The van der Waals surface area contributed by atoms with Crippen molar-refractivity contribution < 1.29 is 0 Å². The van der Waals surface area contributed by atoms with Crippen molar-refractivity contribution in [3.05, 3.63) is 194 Å². The number of thiophene rings is 1. The molecule has 1 heteroatoms. The molecule has 10 aromatic rings. The highest BCUT2D eigenvalue weighted by molar-refractivity contribution is 7.26. The van der Waals surface area contributed by atoms with Crippen LogP contribution in [0.3, 0.4) is 0 Å². The Bertz CT molecular complexity index is 2780. The van der Waals surface area contributed by atoms with Crippen LogP contribution in [0.15, 0.2) is 194 Å². The summed E-state index contributed by atoms with van der Waals surface area (Å²) in [6.07, 6.45) is 0. The number of hydrogen-bond donors (Lipinski definition) is 0. The van der Waals surface area contributed by atoms with Crippen molar-refractivity contribution in [3.8, 4) is 55.6 Å². The lowest BCUT2D eigenvalue weighted by Gasteiger charge is -2.14. The van der Waals surface area contributed by atoms with Gasteiger partial charge in [-0.2, -0.15) is 0 Å². The summed E-state index contributed by atoms with van der Waals surface area (Å²) in [5.41, 5.74) is 12.2. The number of benzene rings is 9. The zero-order chi connectivity index (χ0) is 33.7. The van der Waals surface area contributed by atoms with Crippen LogP contribution in [0.1, 0.15) is 0 Å². The first-order valence-electron chi connectivity index (χ1n) is 17.5. The van der Waals surface area contributed by atoms with Crippen LogP contribution in [0.5, 0.6) is 0 Å². The molecule has 0 saturated heterocycles. The standard InChI is InChI=1S/C50H32S/c1-3-12-35-26-41(24-22-33(35)10-1)37-14-7-16-39(28-37)43-30-44(40-17-8-15-38(29-40)42-25-23-34-11-2-4-13-36(34)27-42)32-45(31-43)46-19-9-20-48-47-18-5-6-21-49(47)51-50(46)48/h1-32H. The van der Waals surface area contributed by atoms with E-state index in [4.69, 9.17) is 0 Å². The van der Waals surface area contributed by atoms with Crippen molar-refractivity contribution in [1.82, 2.24) is 0 Å².